The van der Waals surface area contributed by atoms with Gasteiger partial charge in [-0.05, 0) is 36.4 Å². The minimum absolute atomic E-state index is 0.550. The first-order chi connectivity index (χ1) is 14.1. The lowest BCUT2D eigenvalue weighted by Gasteiger charge is -2.03. The van der Waals surface area contributed by atoms with Crippen LogP contribution in [0.2, 0.25) is 0 Å². The fourth-order valence-electron chi connectivity index (χ4n) is 4.18. The van der Waals surface area contributed by atoms with E-state index in [2.05, 4.69) is 14.1 Å². The molecule has 1 aliphatic rings. The smallest absolute Gasteiger partial charge is 0.257 e. The van der Waals surface area contributed by atoms with Crippen LogP contribution in [0.15, 0.2) is 72.9 Å². The molecule has 3 aromatic heterocycles. The highest BCUT2D eigenvalue weighted by atomic mass is 15.3. The van der Waals surface area contributed by atoms with Crippen LogP contribution < -0.4 is 4.57 Å². The highest BCUT2D eigenvalue weighted by Crippen LogP contribution is 2.36. The van der Waals surface area contributed by atoms with Crippen LogP contribution >= 0.6 is 0 Å². The molecule has 0 amide bonds. The lowest BCUT2D eigenvalue weighted by molar-refractivity contribution is -0.648. The molecule has 2 aromatic carbocycles. The summed E-state index contributed by atoms with van der Waals surface area (Å²) in [5.41, 5.74) is 5.37. The van der Waals surface area contributed by atoms with Crippen LogP contribution in [0, 0.1) is 0 Å². The third kappa shape index (κ3) is 1.59. The van der Waals surface area contributed by atoms with Crippen LogP contribution in [0.25, 0.3) is 39.1 Å². The summed E-state index contributed by atoms with van der Waals surface area (Å²) in [7, 11) is 0. The number of pyridine rings is 1. The summed E-state index contributed by atoms with van der Waals surface area (Å²) in [5, 5.41) is 0.926. The van der Waals surface area contributed by atoms with Gasteiger partial charge in [-0.1, -0.05) is 30.3 Å². The molecule has 0 bridgehead atoms. The molecular formula is C22H17N4+. The van der Waals surface area contributed by atoms with Gasteiger partial charge in [0.15, 0.2) is 5.52 Å². The fraction of sp³-hybridized carbons (Fsp3) is 0.0909. The molecule has 0 saturated carbocycles. The van der Waals surface area contributed by atoms with Gasteiger partial charge in [0, 0.05) is 6.20 Å². The lowest BCUT2D eigenvalue weighted by Crippen LogP contribution is -2.33. The zero-order chi connectivity index (χ0) is 19.8. The first-order valence-electron chi connectivity index (χ1n) is 10.1. The molecule has 0 radical (unpaired) electrons. The van der Waals surface area contributed by atoms with Gasteiger partial charge in [0.05, 0.1) is 27.7 Å². The zero-order valence-electron chi connectivity index (χ0n) is 16.9. The molecule has 0 atom stereocenters. The number of para-hydroxylation sites is 2. The van der Waals surface area contributed by atoms with E-state index < -0.39 is 6.98 Å². The second-order valence-corrected chi connectivity index (χ2v) is 6.60. The molecule has 1 aliphatic heterocycles. The maximum Gasteiger partial charge on any atom is 0.275 e. The molecule has 6 rings (SSSR count). The number of rotatable bonds is 1. The molecule has 124 valence electrons. The number of hydrogen-bond acceptors (Lipinski definition) is 1. The van der Waals surface area contributed by atoms with E-state index in [9.17, 15) is 0 Å². The van der Waals surface area contributed by atoms with Gasteiger partial charge in [0.25, 0.3) is 5.65 Å². The fourth-order valence-corrected chi connectivity index (χ4v) is 4.18. The minimum atomic E-state index is -2.32. The maximum absolute atomic E-state index is 8.32. The number of benzene rings is 2. The van der Waals surface area contributed by atoms with Crippen molar-refractivity contribution in [1.82, 2.24) is 14.1 Å². The van der Waals surface area contributed by atoms with E-state index in [1.807, 2.05) is 66.7 Å². The molecule has 4 heteroatoms. The summed E-state index contributed by atoms with van der Waals surface area (Å²) in [6.45, 7) is -1.77. The monoisotopic (exact) mass is 340 g/mol. The second-order valence-electron chi connectivity index (χ2n) is 6.60. The molecule has 5 aromatic rings. The number of fused-ring (bicyclic) bond motifs is 7. The first kappa shape index (κ1) is 11.3. The average Bonchev–Trinajstić information content (AvgIpc) is 3.34. The van der Waals surface area contributed by atoms with Crippen molar-refractivity contribution >= 4 is 22.1 Å². The number of imidazole rings is 1. The van der Waals surface area contributed by atoms with Gasteiger partial charge in [0.1, 0.15) is 17.7 Å². The van der Waals surface area contributed by atoms with E-state index in [0.29, 0.717) is 12.4 Å². The largest absolute Gasteiger partial charge is 0.275 e. The van der Waals surface area contributed by atoms with Crippen molar-refractivity contribution in [2.24, 2.45) is 6.98 Å². The molecule has 0 unspecified atom stereocenters. The SMILES string of the molecule is [2H]C([2H])([2H])n1c2[n+](c3c1c1ccccc1n3-c1ccccc1)Cc1ncccc1-2. The summed E-state index contributed by atoms with van der Waals surface area (Å²) in [5.74, 6) is 0.688. The molecule has 0 spiro atoms. The van der Waals surface area contributed by atoms with Crippen molar-refractivity contribution in [1.29, 1.82) is 0 Å². The maximum atomic E-state index is 8.32. The molecule has 4 heterocycles. The third-order valence-electron chi connectivity index (χ3n) is 5.22. The van der Waals surface area contributed by atoms with Crippen LogP contribution in [-0.4, -0.2) is 14.1 Å². The van der Waals surface area contributed by atoms with Crippen molar-refractivity contribution < 1.29 is 8.68 Å². The van der Waals surface area contributed by atoms with Gasteiger partial charge in [-0.3, -0.25) is 9.55 Å². The lowest BCUT2D eigenvalue weighted by atomic mass is 10.2. The van der Waals surface area contributed by atoms with Gasteiger partial charge in [-0.2, -0.15) is 0 Å². The molecule has 0 N–H and O–H groups in total. The zero-order valence-corrected chi connectivity index (χ0v) is 13.9. The van der Waals surface area contributed by atoms with E-state index in [1.165, 1.54) is 4.57 Å². The van der Waals surface area contributed by atoms with Crippen molar-refractivity contribution in [3.63, 3.8) is 0 Å². The highest BCUT2D eigenvalue weighted by Gasteiger charge is 2.36. The molecule has 4 nitrogen and oxygen atoms in total. The van der Waals surface area contributed by atoms with Crippen LogP contribution in [0.4, 0.5) is 0 Å². The topological polar surface area (TPSA) is 26.6 Å². The third-order valence-corrected chi connectivity index (χ3v) is 5.22. The summed E-state index contributed by atoms with van der Waals surface area (Å²) in [4.78, 5) is 4.51. The van der Waals surface area contributed by atoms with Crippen LogP contribution in [0.5, 0.6) is 0 Å². The first-order valence-corrected chi connectivity index (χ1v) is 8.63. The standard InChI is InChI=1S/C22H17N4/c1-24-20-17-10-5-6-12-19(17)26(15-8-3-2-4-9-15)22(20)25-14-18-16(21(24)25)11-7-13-23-18/h2-13H,14H2,1H3/q+1/i1D3. The van der Waals surface area contributed by atoms with E-state index in [1.54, 1.807) is 6.20 Å². The van der Waals surface area contributed by atoms with Gasteiger partial charge in [0.2, 0.25) is 5.82 Å². The Morgan fingerprint density at radius 3 is 2.73 bits per heavy atom. The molecule has 0 aliphatic carbocycles. The summed E-state index contributed by atoms with van der Waals surface area (Å²) < 4.78 is 30.7. The summed E-state index contributed by atoms with van der Waals surface area (Å²) in [6.07, 6.45) is 1.76. The molecular weight excluding hydrogens is 320 g/mol. The Balaban J connectivity index is 1.87. The van der Waals surface area contributed by atoms with Gasteiger partial charge < -0.3 is 0 Å². The van der Waals surface area contributed by atoms with Crippen molar-refractivity contribution in [2.45, 2.75) is 6.54 Å². The predicted octanol–water partition coefficient (Wildman–Crippen LogP) is 3.83. The van der Waals surface area contributed by atoms with Crippen molar-refractivity contribution in [3.05, 3.63) is 78.6 Å². The van der Waals surface area contributed by atoms with Gasteiger partial charge >= 0.3 is 0 Å². The van der Waals surface area contributed by atoms with Gasteiger partial charge in [-0.15, -0.1) is 0 Å². The van der Waals surface area contributed by atoms with Crippen molar-refractivity contribution in [3.8, 4) is 17.1 Å². The number of aromatic nitrogens is 4. The Bertz CT molecular complexity index is 1410. The quantitative estimate of drug-likeness (QED) is 0.418. The summed E-state index contributed by atoms with van der Waals surface area (Å²) >= 11 is 0. The number of aryl methyl sites for hydroxylation is 1. The molecule has 0 fully saturated rings. The Labute approximate surface area is 154 Å². The van der Waals surface area contributed by atoms with Crippen molar-refractivity contribution in [2.75, 3.05) is 0 Å². The number of hydrogen-bond donors (Lipinski definition) is 0. The average molecular weight is 340 g/mol. The van der Waals surface area contributed by atoms with Crippen LogP contribution in [0.3, 0.4) is 0 Å². The van der Waals surface area contributed by atoms with E-state index >= 15 is 0 Å². The highest BCUT2D eigenvalue weighted by molar-refractivity contribution is 6.06. The van der Waals surface area contributed by atoms with Gasteiger partial charge in [-0.25, -0.2) is 9.13 Å². The Kier molecular flexibility index (Phi) is 2.09. The Morgan fingerprint density at radius 1 is 1.00 bits per heavy atom. The normalized spacial score (nSPS) is 14.8. The Morgan fingerprint density at radius 2 is 1.85 bits per heavy atom. The van der Waals surface area contributed by atoms with E-state index in [4.69, 9.17) is 4.11 Å². The predicted molar refractivity (Wildman–Crippen MR) is 102 cm³/mol. The summed E-state index contributed by atoms with van der Waals surface area (Å²) in [6, 6.07) is 21.9. The van der Waals surface area contributed by atoms with E-state index in [0.717, 1.165) is 39.0 Å². The molecule has 26 heavy (non-hydrogen) atoms. The van der Waals surface area contributed by atoms with Crippen LogP contribution in [0.1, 0.15) is 9.81 Å². The molecule has 0 saturated heterocycles. The number of nitrogens with zero attached hydrogens (tertiary/aromatic N) is 4. The van der Waals surface area contributed by atoms with E-state index in [-0.39, 0.29) is 0 Å². The Hall–Kier alpha value is -3.40. The minimum Gasteiger partial charge on any atom is -0.257 e. The van der Waals surface area contributed by atoms with Crippen LogP contribution in [-0.2, 0) is 13.5 Å². The second kappa shape index (κ2) is 4.82.